The van der Waals surface area contributed by atoms with Gasteiger partial charge in [-0.25, -0.2) is 4.39 Å². The lowest BCUT2D eigenvalue weighted by atomic mass is 10.1. The Morgan fingerprint density at radius 1 is 1.09 bits per heavy atom. The molecule has 2 aromatic carbocycles. The van der Waals surface area contributed by atoms with Crippen LogP contribution in [0.15, 0.2) is 42.5 Å². The van der Waals surface area contributed by atoms with Crippen molar-refractivity contribution in [3.63, 3.8) is 0 Å². The van der Waals surface area contributed by atoms with E-state index >= 15 is 0 Å². The van der Waals surface area contributed by atoms with Gasteiger partial charge in [-0.3, -0.25) is 9.59 Å². The fraction of sp³-hybridized carbons (Fsp3) is 0.125. The van der Waals surface area contributed by atoms with Crippen LogP contribution in [0.5, 0.6) is 5.75 Å². The molecule has 0 unspecified atom stereocenters. The van der Waals surface area contributed by atoms with Crippen molar-refractivity contribution in [3.05, 3.63) is 59.4 Å². The van der Waals surface area contributed by atoms with Gasteiger partial charge in [0.2, 0.25) is 0 Å². The Hall–Kier alpha value is -2.89. The van der Waals surface area contributed by atoms with Crippen molar-refractivity contribution in [2.45, 2.75) is 0 Å². The van der Waals surface area contributed by atoms with Gasteiger partial charge in [-0.2, -0.15) is 0 Å². The van der Waals surface area contributed by atoms with Gasteiger partial charge in [0.05, 0.1) is 18.4 Å². The van der Waals surface area contributed by atoms with Gasteiger partial charge < -0.3 is 15.4 Å². The normalized spacial score (nSPS) is 9.95. The molecule has 2 rings (SSSR count). The predicted octanol–water partition coefficient (Wildman–Crippen LogP) is 2.45. The number of carbonyl (C=O) groups is 2. The Morgan fingerprint density at radius 2 is 1.82 bits per heavy atom. The van der Waals surface area contributed by atoms with Gasteiger partial charge in [0.15, 0.2) is 0 Å². The third-order valence-electron chi connectivity index (χ3n) is 3.06. The van der Waals surface area contributed by atoms with Crippen LogP contribution < -0.4 is 15.4 Å². The number of benzene rings is 2. The zero-order valence-corrected chi connectivity index (χ0v) is 12.1. The second-order valence-corrected chi connectivity index (χ2v) is 4.43. The summed E-state index contributed by atoms with van der Waals surface area (Å²) in [6.45, 7) is 0. The molecule has 22 heavy (non-hydrogen) atoms. The molecule has 0 bridgehead atoms. The average molecular weight is 302 g/mol. The molecule has 0 radical (unpaired) electrons. The molecule has 0 saturated carbocycles. The summed E-state index contributed by atoms with van der Waals surface area (Å²) in [6, 6.07) is 10.2. The lowest BCUT2D eigenvalue weighted by Crippen LogP contribution is -2.19. The number of hydrogen-bond acceptors (Lipinski definition) is 3. The minimum Gasteiger partial charge on any atom is -0.495 e. The average Bonchev–Trinajstić information content (AvgIpc) is 2.54. The molecule has 2 aromatic rings. The van der Waals surface area contributed by atoms with Crippen molar-refractivity contribution in [1.82, 2.24) is 5.32 Å². The first-order valence-corrected chi connectivity index (χ1v) is 6.52. The van der Waals surface area contributed by atoms with Crippen LogP contribution in [0.4, 0.5) is 10.1 Å². The van der Waals surface area contributed by atoms with Crippen LogP contribution in [-0.4, -0.2) is 26.0 Å². The zero-order valence-electron chi connectivity index (χ0n) is 12.1. The number of halogens is 1. The van der Waals surface area contributed by atoms with Crippen LogP contribution in [0.1, 0.15) is 20.7 Å². The predicted molar refractivity (Wildman–Crippen MR) is 80.7 cm³/mol. The summed E-state index contributed by atoms with van der Waals surface area (Å²) in [5.41, 5.74) is 0.555. The van der Waals surface area contributed by atoms with Crippen LogP contribution in [-0.2, 0) is 0 Å². The summed E-state index contributed by atoms with van der Waals surface area (Å²) in [7, 11) is 2.94. The quantitative estimate of drug-likeness (QED) is 0.911. The fourth-order valence-electron chi connectivity index (χ4n) is 1.93. The summed E-state index contributed by atoms with van der Waals surface area (Å²) in [5.74, 6) is -1.17. The van der Waals surface area contributed by atoms with Crippen LogP contribution >= 0.6 is 0 Å². The molecule has 0 saturated heterocycles. The van der Waals surface area contributed by atoms with Gasteiger partial charge >= 0.3 is 0 Å². The second kappa shape index (κ2) is 6.71. The number of nitrogens with one attached hydrogen (secondary N) is 2. The Balaban J connectivity index is 2.33. The van der Waals surface area contributed by atoms with E-state index in [4.69, 9.17) is 4.74 Å². The fourth-order valence-corrected chi connectivity index (χ4v) is 1.93. The Morgan fingerprint density at radius 3 is 2.45 bits per heavy atom. The first-order chi connectivity index (χ1) is 10.6. The lowest BCUT2D eigenvalue weighted by molar-refractivity contribution is 0.0961. The number of rotatable bonds is 4. The molecule has 0 aliphatic rings. The van der Waals surface area contributed by atoms with Crippen molar-refractivity contribution in [2.75, 3.05) is 19.5 Å². The van der Waals surface area contributed by atoms with Crippen LogP contribution in [0.2, 0.25) is 0 Å². The van der Waals surface area contributed by atoms with Crippen molar-refractivity contribution in [1.29, 1.82) is 0 Å². The monoisotopic (exact) mass is 302 g/mol. The van der Waals surface area contributed by atoms with E-state index in [2.05, 4.69) is 10.6 Å². The molecule has 0 aliphatic carbocycles. The Labute approximate surface area is 127 Å². The highest BCUT2D eigenvalue weighted by Crippen LogP contribution is 2.26. The molecule has 6 heteroatoms. The summed E-state index contributed by atoms with van der Waals surface area (Å²) in [6.07, 6.45) is 0. The third-order valence-corrected chi connectivity index (χ3v) is 3.06. The maximum absolute atomic E-state index is 13.6. The highest BCUT2D eigenvalue weighted by molar-refractivity contribution is 6.06. The molecule has 0 heterocycles. The van der Waals surface area contributed by atoms with Crippen molar-refractivity contribution in [3.8, 4) is 5.75 Å². The zero-order chi connectivity index (χ0) is 16.1. The number of amides is 2. The van der Waals surface area contributed by atoms with Crippen molar-refractivity contribution in [2.24, 2.45) is 0 Å². The lowest BCUT2D eigenvalue weighted by Gasteiger charge is -2.12. The second-order valence-electron chi connectivity index (χ2n) is 4.43. The van der Waals surface area contributed by atoms with Gasteiger partial charge in [-0.1, -0.05) is 12.1 Å². The van der Waals surface area contributed by atoms with Gasteiger partial charge in [-0.15, -0.1) is 0 Å². The maximum atomic E-state index is 13.6. The van der Waals surface area contributed by atoms with Crippen molar-refractivity contribution >= 4 is 17.5 Å². The summed E-state index contributed by atoms with van der Waals surface area (Å²) in [4.78, 5) is 23.8. The van der Waals surface area contributed by atoms with E-state index in [0.717, 1.165) is 0 Å². The van der Waals surface area contributed by atoms with Crippen LogP contribution in [0.25, 0.3) is 0 Å². The van der Waals surface area contributed by atoms with Gasteiger partial charge in [0.1, 0.15) is 11.6 Å². The molecule has 0 aromatic heterocycles. The summed E-state index contributed by atoms with van der Waals surface area (Å²) >= 11 is 0. The largest absolute Gasteiger partial charge is 0.495 e. The van der Waals surface area contributed by atoms with Crippen molar-refractivity contribution < 1.29 is 18.7 Å². The molecule has 0 aliphatic heterocycles. The van der Waals surface area contributed by atoms with E-state index in [1.165, 1.54) is 38.4 Å². The Bertz CT molecular complexity index is 716. The van der Waals surface area contributed by atoms with E-state index in [0.29, 0.717) is 11.3 Å². The molecule has 0 atom stereocenters. The first-order valence-electron chi connectivity index (χ1n) is 6.52. The summed E-state index contributed by atoms with van der Waals surface area (Å²) < 4.78 is 18.8. The van der Waals surface area contributed by atoms with Gasteiger partial charge in [0.25, 0.3) is 11.8 Å². The molecule has 0 spiro atoms. The van der Waals surface area contributed by atoms with Gasteiger partial charge in [-0.05, 0) is 30.3 Å². The number of carbonyl (C=O) groups excluding carboxylic acids is 2. The molecular formula is C16H15FN2O3. The highest BCUT2D eigenvalue weighted by Gasteiger charge is 2.15. The molecule has 2 N–H and O–H groups in total. The van der Waals surface area contributed by atoms with E-state index in [9.17, 15) is 14.0 Å². The minimum absolute atomic E-state index is 0.0881. The number of methoxy groups -OCH3 is 1. The molecule has 2 amide bonds. The molecule has 0 fully saturated rings. The van der Waals surface area contributed by atoms with Gasteiger partial charge in [0, 0.05) is 12.6 Å². The SMILES string of the molecule is CNC(=O)c1ccc(OC)c(NC(=O)c2ccccc2F)c1. The van der Waals surface area contributed by atoms with E-state index < -0.39 is 11.7 Å². The first kappa shape index (κ1) is 15.5. The van der Waals surface area contributed by atoms with E-state index in [1.54, 1.807) is 18.2 Å². The standard InChI is InChI=1S/C16H15FN2O3/c1-18-15(20)10-7-8-14(22-2)13(9-10)19-16(21)11-5-3-4-6-12(11)17/h3-9H,1-2H3,(H,18,20)(H,19,21). The number of anilines is 1. The minimum atomic E-state index is -0.624. The van der Waals surface area contributed by atoms with Crippen LogP contribution in [0, 0.1) is 5.82 Å². The molecule has 114 valence electrons. The number of ether oxygens (including phenoxy) is 1. The van der Waals surface area contributed by atoms with Crippen LogP contribution in [0.3, 0.4) is 0 Å². The maximum Gasteiger partial charge on any atom is 0.258 e. The summed E-state index contributed by atoms with van der Waals surface area (Å²) in [5, 5.41) is 5.04. The smallest absolute Gasteiger partial charge is 0.258 e. The number of hydrogen-bond donors (Lipinski definition) is 2. The van der Waals surface area contributed by atoms with E-state index in [1.807, 2.05) is 0 Å². The highest BCUT2D eigenvalue weighted by atomic mass is 19.1. The van der Waals surface area contributed by atoms with E-state index in [-0.39, 0.29) is 17.2 Å². The third kappa shape index (κ3) is 3.22. The Kier molecular flexibility index (Phi) is 4.73. The molecular weight excluding hydrogens is 287 g/mol. The molecule has 5 nitrogen and oxygen atoms in total. The topological polar surface area (TPSA) is 67.4 Å².